The number of carbonyl (C=O) groups is 1. The van der Waals surface area contributed by atoms with Crippen molar-refractivity contribution in [2.24, 2.45) is 16.8 Å². The summed E-state index contributed by atoms with van der Waals surface area (Å²) in [4.78, 5) is 12.2. The monoisotopic (exact) mass is 287 g/mol. The summed E-state index contributed by atoms with van der Waals surface area (Å²) in [7, 11) is 0. The molecule has 1 fully saturated rings. The number of nitrogens with zero attached hydrogens (tertiary/aromatic N) is 1. The van der Waals surface area contributed by atoms with Crippen LogP contribution < -0.4 is 11.1 Å². The number of hydrogen-bond donors (Lipinski definition) is 3. The third kappa shape index (κ3) is 4.93. The van der Waals surface area contributed by atoms with Crippen molar-refractivity contribution in [2.45, 2.75) is 56.7 Å². The molecule has 0 aromatic rings. The summed E-state index contributed by atoms with van der Waals surface area (Å²) in [5, 5.41) is 15.5. The van der Waals surface area contributed by atoms with Gasteiger partial charge in [-0.2, -0.15) is 11.8 Å². The minimum absolute atomic E-state index is 0.0112. The lowest BCUT2D eigenvalue weighted by Crippen LogP contribution is -2.45. The van der Waals surface area contributed by atoms with Crippen LogP contribution in [0.3, 0.4) is 0 Å². The number of amides is 1. The molecule has 6 heteroatoms. The smallest absolute Gasteiger partial charge is 0.231 e. The molecule has 0 heterocycles. The summed E-state index contributed by atoms with van der Waals surface area (Å²) in [5.74, 6) is -0.602. The van der Waals surface area contributed by atoms with Crippen LogP contribution in [0.2, 0.25) is 0 Å². The third-order valence-corrected chi connectivity index (χ3v) is 4.86. The van der Waals surface area contributed by atoms with E-state index >= 15 is 0 Å². The van der Waals surface area contributed by atoms with Crippen molar-refractivity contribution in [3.63, 3.8) is 0 Å². The van der Waals surface area contributed by atoms with Crippen molar-refractivity contribution in [1.82, 2.24) is 5.32 Å². The predicted molar refractivity (Wildman–Crippen MR) is 79.5 cm³/mol. The van der Waals surface area contributed by atoms with Gasteiger partial charge in [-0.1, -0.05) is 18.5 Å². The molecule has 5 nitrogen and oxygen atoms in total. The van der Waals surface area contributed by atoms with Gasteiger partial charge in [-0.25, -0.2) is 0 Å². The molecule has 1 unspecified atom stereocenters. The Kier molecular flexibility index (Phi) is 7.05. The molecule has 0 bridgehead atoms. The zero-order valence-corrected chi connectivity index (χ0v) is 12.6. The topological polar surface area (TPSA) is 87.7 Å². The molecule has 1 atom stereocenters. The van der Waals surface area contributed by atoms with E-state index in [9.17, 15) is 4.79 Å². The highest BCUT2D eigenvalue weighted by atomic mass is 32.2. The largest absolute Gasteiger partial charge is 0.409 e. The fraction of sp³-hybridized carbons (Fsp3) is 0.846. The van der Waals surface area contributed by atoms with Crippen molar-refractivity contribution >= 4 is 23.5 Å². The Morgan fingerprint density at radius 2 is 2.11 bits per heavy atom. The Balaban J connectivity index is 2.48. The minimum Gasteiger partial charge on any atom is -0.409 e. The lowest BCUT2D eigenvalue weighted by Gasteiger charge is -2.29. The van der Waals surface area contributed by atoms with Crippen LogP contribution in [-0.4, -0.2) is 34.5 Å². The molecule has 0 saturated heterocycles. The Hall–Kier alpha value is -0.910. The second kappa shape index (κ2) is 8.30. The Morgan fingerprint density at radius 1 is 1.47 bits per heavy atom. The zero-order valence-electron chi connectivity index (χ0n) is 11.8. The first-order valence-electron chi connectivity index (χ1n) is 6.92. The highest BCUT2D eigenvalue weighted by Gasteiger charge is 2.27. The summed E-state index contributed by atoms with van der Waals surface area (Å²) < 4.78 is 0. The average molecular weight is 287 g/mol. The Labute approximate surface area is 119 Å². The fourth-order valence-electron chi connectivity index (χ4n) is 2.52. The number of carbonyl (C=O) groups excluding carboxylic acids is 1. The standard InChI is InChI=1S/C13H25N3O2S/c1-3-4-11(12(14)16-18)13(17)15-9-5-7-10(19-2)8-6-9/h9-11,18H,3-8H2,1-2H3,(H2,14,16)(H,15,17). The molecule has 1 aliphatic carbocycles. The van der Waals surface area contributed by atoms with Crippen LogP contribution >= 0.6 is 11.8 Å². The van der Waals surface area contributed by atoms with Gasteiger partial charge in [-0.15, -0.1) is 0 Å². The van der Waals surface area contributed by atoms with E-state index in [-0.39, 0.29) is 17.8 Å². The van der Waals surface area contributed by atoms with Crippen LogP contribution in [-0.2, 0) is 4.79 Å². The molecule has 1 aliphatic rings. The van der Waals surface area contributed by atoms with Crippen LogP contribution in [0.15, 0.2) is 5.16 Å². The molecule has 1 saturated carbocycles. The molecule has 0 spiro atoms. The van der Waals surface area contributed by atoms with Crippen molar-refractivity contribution < 1.29 is 10.0 Å². The fourth-order valence-corrected chi connectivity index (χ4v) is 3.26. The molecular formula is C13H25N3O2S. The molecule has 0 aliphatic heterocycles. The van der Waals surface area contributed by atoms with E-state index in [1.807, 2.05) is 18.7 Å². The molecule has 0 radical (unpaired) electrons. The van der Waals surface area contributed by atoms with Gasteiger partial charge in [0.05, 0.1) is 5.92 Å². The number of nitrogens with two attached hydrogens (primary N) is 1. The SMILES string of the molecule is CCCC(C(=O)NC1CCC(SC)CC1)C(N)=NO. The van der Waals surface area contributed by atoms with Gasteiger partial charge in [0.25, 0.3) is 0 Å². The van der Waals surface area contributed by atoms with Gasteiger partial charge in [0.15, 0.2) is 5.84 Å². The summed E-state index contributed by atoms with van der Waals surface area (Å²) >= 11 is 1.90. The summed E-state index contributed by atoms with van der Waals surface area (Å²) in [6.45, 7) is 1.98. The second-order valence-electron chi connectivity index (χ2n) is 5.08. The lowest BCUT2D eigenvalue weighted by atomic mass is 9.93. The Bertz CT molecular complexity index is 315. The van der Waals surface area contributed by atoms with Gasteiger partial charge in [0.1, 0.15) is 0 Å². The van der Waals surface area contributed by atoms with E-state index in [0.29, 0.717) is 6.42 Å². The highest BCUT2D eigenvalue weighted by Crippen LogP contribution is 2.27. The van der Waals surface area contributed by atoms with Crippen molar-refractivity contribution in [3.8, 4) is 0 Å². The zero-order chi connectivity index (χ0) is 14.3. The molecular weight excluding hydrogens is 262 g/mol. The number of oxime groups is 1. The molecule has 110 valence electrons. The maximum atomic E-state index is 12.2. The second-order valence-corrected chi connectivity index (χ2v) is 6.22. The van der Waals surface area contributed by atoms with E-state index in [2.05, 4.69) is 16.7 Å². The maximum absolute atomic E-state index is 12.2. The molecule has 1 rings (SSSR count). The number of hydrogen-bond acceptors (Lipinski definition) is 4. The van der Waals surface area contributed by atoms with Crippen molar-refractivity contribution in [1.29, 1.82) is 0 Å². The first-order valence-corrected chi connectivity index (χ1v) is 8.21. The molecule has 0 aromatic carbocycles. The van der Waals surface area contributed by atoms with Crippen molar-refractivity contribution in [2.75, 3.05) is 6.26 Å². The van der Waals surface area contributed by atoms with E-state index < -0.39 is 5.92 Å². The normalized spacial score (nSPS) is 25.9. The van der Waals surface area contributed by atoms with Crippen LogP contribution in [0.5, 0.6) is 0 Å². The van der Waals surface area contributed by atoms with Crippen LogP contribution in [0, 0.1) is 5.92 Å². The first kappa shape index (κ1) is 16.1. The van der Waals surface area contributed by atoms with Crippen LogP contribution in [0.25, 0.3) is 0 Å². The highest BCUT2D eigenvalue weighted by molar-refractivity contribution is 7.99. The average Bonchev–Trinajstić information content (AvgIpc) is 2.44. The van der Waals surface area contributed by atoms with Crippen LogP contribution in [0.4, 0.5) is 0 Å². The van der Waals surface area contributed by atoms with Crippen LogP contribution in [0.1, 0.15) is 45.4 Å². The van der Waals surface area contributed by atoms with Gasteiger partial charge in [-0.3, -0.25) is 4.79 Å². The number of thioether (sulfide) groups is 1. The quantitative estimate of drug-likeness (QED) is 0.301. The molecule has 0 aromatic heterocycles. The van der Waals surface area contributed by atoms with E-state index in [1.165, 1.54) is 0 Å². The number of rotatable bonds is 6. The lowest BCUT2D eigenvalue weighted by molar-refractivity contribution is -0.124. The first-order chi connectivity index (χ1) is 9.12. The van der Waals surface area contributed by atoms with E-state index in [4.69, 9.17) is 10.9 Å². The third-order valence-electron chi connectivity index (χ3n) is 3.72. The molecule has 1 amide bonds. The predicted octanol–water partition coefficient (Wildman–Crippen LogP) is 1.94. The minimum atomic E-state index is -0.506. The van der Waals surface area contributed by atoms with E-state index in [1.54, 1.807) is 0 Å². The van der Waals surface area contributed by atoms with Gasteiger partial charge in [-0.05, 0) is 38.4 Å². The van der Waals surface area contributed by atoms with E-state index in [0.717, 1.165) is 37.4 Å². The number of nitrogens with one attached hydrogen (secondary N) is 1. The summed E-state index contributed by atoms with van der Waals surface area (Å²) in [5.41, 5.74) is 5.59. The maximum Gasteiger partial charge on any atom is 0.231 e. The number of amidine groups is 1. The van der Waals surface area contributed by atoms with Crippen molar-refractivity contribution in [3.05, 3.63) is 0 Å². The van der Waals surface area contributed by atoms with Gasteiger partial charge < -0.3 is 16.3 Å². The summed E-state index contributed by atoms with van der Waals surface area (Å²) in [6.07, 6.45) is 7.91. The summed E-state index contributed by atoms with van der Waals surface area (Å²) in [6, 6.07) is 0.238. The Morgan fingerprint density at radius 3 is 2.58 bits per heavy atom. The van der Waals surface area contributed by atoms with Gasteiger partial charge >= 0.3 is 0 Å². The molecule has 4 N–H and O–H groups in total. The van der Waals surface area contributed by atoms with Gasteiger partial charge in [0.2, 0.25) is 5.91 Å². The molecule has 19 heavy (non-hydrogen) atoms. The van der Waals surface area contributed by atoms with Gasteiger partial charge in [0, 0.05) is 11.3 Å².